The van der Waals surface area contributed by atoms with Gasteiger partial charge < -0.3 is 9.47 Å². The van der Waals surface area contributed by atoms with Crippen LogP contribution in [0, 0.1) is 0 Å². The van der Waals surface area contributed by atoms with Crippen molar-refractivity contribution in [3.63, 3.8) is 0 Å². The van der Waals surface area contributed by atoms with E-state index >= 15 is 0 Å². The van der Waals surface area contributed by atoms with Crippen LogP contribution in [0.2, 0.25) is 0 Å². The van der Waals surface area contributed by atoms with Crippen molar-refractivity contribution in [2.75, 3.05) is 4.90 Å². The maximum Gasteiger partial charge on any atom is 0.0548 e. The highest BCUT2D eigenvalue weighted by atomic mass is 15.1. The number of rotatable bonds is 8. The van der Waals surface area contributed by atoms with Crippen LogP contribution >= 0.6 is 0 Å². The van der Waals surface area contributed by atoms with Gasteiger partial charge in [0.05, 0.1) is 16.7 Å². The summed E-state index contributed by atoms with van der Waals surface area (Å²) in [4.78, 5) is 2.35. The Balaban J connectivity index is 0.968. The van der Waals surface area contributed by atoms with Crippen molar-refractivity contribution in [3.05, 3.63) is 255 Å². The van der Waals surface area contributed by atoms with Gasteiger partial charge in [-0.15, -0.1) is 0 Å². The van der Waals surface area contributed by atoms with Crippen LogP contribution in [0.5, 0.6) is 0 Å². The number of para-hydroxylation sites is 1. The van der Waals surface area contributed by atoms with Crippen molar-refractivity contribution < 1.29 is 0 Å². The largest absolute Gasteiger partial charge is 0.311 e. The molecular weight excluding hydrogens is 773 g/mol. The summed E-state index contributed by atoms with van der Waals surface area (Å²) in [6.45, 7) is 0. The Morgan fingerprint density at radius 1 is 0.250 bits per heavy atom. The predicted octanol–water partition coefficient (Wildman–Crippen LogP) is 17.2. The van der Waals surface area contributed by atoms with Crippen molar-refractivity contribution in [2.45, 2.75) is 0 Å². The first kappa shape index (κ1) is 37.3. The summed E-state index contributed by atoms with van der Waals surface area (Å²) in [6.07, 6.45) is 0. The van der Waals surface area contributed by atoms with Gasteiger partial charge in [-0.3, -0.25) is 0 Å². The van der Waals surface area contributed by atoms with E-state index in [0.29, 0.717) is 0 Å². The van der Waals surface area contributed by atoms with Gasteiger partial charge in [0, 0.05) is 33.2 Å². The summed E-state index contributed by atoms with van der Waals surface area (Å²) in [5.41, 5.74) is 16.5. The van der Waals surface area contributed by atoms with Gasteiger partial charge in [-0.25, -0.2) is 0 Å². The Labute approximate surface area is 373 Å². The molecule has 1 aromatic heterocycles. The van der Waals surface area contributed by atoms with Gasteiger partial charge in [0.2, 0.25) is 0 Å². The van der Waals surface area contributed by atoms with Crippen LogP contribution in [0.1, 0.15) is 0 Å². The third-order valence-corrected chi connectivity index (χ3v) is 12.8. The number of benzene rings is 11. The minimum absolute atomic E-state index is 1.09. The first-order valence-electron chi connectivity index (χ1n) is 22.0. The van der Waals surface area contributed by atoms with E-state index in [1.54, 1.807) is 0 Å². The van der Waals surface area contributed by atoms with Gasteiger partial charge in [-0.2, -0.15) is 0 Å². The Bertz CT molecular complexity index is 3530. The maximum absolute atomic E-state index is 2.48. The average molecular weight is 815 g/mol. The number of anilines is 3. The standard InChI is InChI=1S/C62H42N2/c1-4-15-43(16-5-1)45-27-34-50(35-28-45)63(51-36-29-46(30-37-51)44-17-6-2-7-18-44)52-38-31-48(32-39-52)53-40-42-59(56-23-11-10-22-55(53)56)64-58-26-13-12-24-57(58)62-60(64)41-33-49-21-14-25-54(61(49)62)47-19-8-3-9-20-47/h1-42H. The van der Waals surface area contributed by atoms with E-state index in [0.717, 1.165) is 17.1 Å². The van der Waals surface area contributed by atoms with Crippen LogP contribution in [0.3, 0.4) is 0 Å². The molecule has 1 heterocycles. The van der Waals surface area contributed by atoms with E-state index < -0.39 is 0 Å². The molecule has 2 heteroatoms. The molecule has 0 saturated carbocycles. The number of nitrogens with zero attached hydrogens (tertiary/aromatic N) is 2. The van der Waals surface area contributed by atoms with E-state index in [4.69, 9.17) is 0 Å². The first-order valence-corrected chi connectivity index (χ1v) is 22.0. The molecule has 0 fully saturated rings. The Kier molecular flexibility index (Phi) is 9.20. The zero-order valence-electron chi connectivity index (χ0n) is 35.1. The molecule has 0 radical (unpaired) electrons. The van der Waals surface area contributed by atoms with Crippen molar-refractivity contribution in [1.82, 2.24) is 4.57 Å². The third-order valence-electron chi connectivity index (χ3n) is 12.8. The summed E-state index contributed by atoms with van der Waals surface area (Å²) >= 11 is 0. The zero-order valence-corrected chi connectivity index (χ0v) is 35.1. The molecule has 64 heavy (non-hydrogen) atoms. The van der Waals surface area contributed by atoms with E-state index in [9.17, 15) is 0 Å². The lowest BCUT2D eigenvalue weighted by Crippen LogP contribution is -2.09. The Morgan fingerprint density at radius 3 is 1.31 bits per heavy atom. The molecule has 0 aliphatic heterocycles. The van der Waals surface area contributed by atoms with Gasteiger partial charge in [0.1, 0.15) is 0 Å². The molecule has 300 valence electrons. The average Bonchev–Trinajstić information content (AvgIpc) is 3.72. The van der Waals surface area contributed by atoms with Crippen LogP contribution in [0.25, 0.3) is 93.5 Å². The molecule has 0 amide bonds. The summed E-state index contributed by atoms with van der Waals surface area (Å²) in [5, 5.41) is 7.49. The molecule has 0 bridgehead atoms. The van der Waals surface area contributed by atoms with Crippen LogP contribution in [-0.4, -0.2) is 4.57 Å². The second-order valence-electron chi connectivity index (χ2n) is 16.5. The lowest BCUT2D eigenvalue weighted by molar-refractivity contribution is 1.20. The summed E-state index contributed by atoms with van der Waals surface area (Å²) in [7, 11) is 0. The lowest BCUT2D eigenvalue weighted by Gasteiger charge is -2.26. The monoisotopic (exact) mass is 814 g/mol. The highest BCUT2D eigenvalue weighted by Gasteiger charge is 2.20. The fraction of sp³-hybridized carbons (Fsp3) is 0. The summed E-state index contributed by atoms with van der Waals surface area (Å²) in [6, 6.07) is 92.5. The second-order valence-corrected chi connectivity index (χ2v) is 16.5. The molecule has 0 saturated heterocycles. The van der Waals surface area contributed by atoms with Crippen LogP contribution in [-0.2, 0) is 0 Å². The Morgan fingerprint density at radius 2 is 0.719 bits per heavy atom. The predicted molar refractivity (Wildman–Crippen MR) is 272 cm³/mol. The molecule has 0 aliphatic carbocycles. The molecule has 12 aromatic rings. The van der Waals surface area contributed by atoms with Crippen LogP contribution in [0.15, 0.2) is 255 Å². The topological polar surface area (TPSA) is 8.17 Å². The molecule has 0 unspecified atom stereocenters. The molecule has 12 rings (SSSR count). The normalized spacial score (nSPS) is 11.4. The third kappa shape index (κ3) is 6.44. The molecule has 2 nitrogen and oxygen atoms in total. The first-order chi connectivity index (χ1) is 31.8. The van der Waals surface area contributed by atoms with Gasteiger partial charge in [0.15, 0.2) is 0 Å². The molecule has 0 N–H and O–H groups in total. The van der Waals surface area contributed by atoms with E-state index in [-0.39, 0.29) is 0 Å². The zero-order chi connectivity index (χ0) is 42.4. The highest BCUT2D eigenvalue weighted by molar-refractivity contribution is 6.25. The SMILES string of the molecule is c1ccc(-c2ccc(N(c3ccc(-c4ccccc4)cc3)c3ccc(-c4ccc(-n5c6ccccc6c6c7c(-c8ccccc8)cccc7ccc65)c5ccccc45)cc3)cc2)cc1. The van der Waals surface area contributed by atoms with Crippen molar-refractivity contribution >= 4 is 60.4 Å². The smallest absolute Gasteiger partial charge is 0.0548 e. The Hall–Kier alpha value is -8.46. The van der Waals surface area contributed by atoms with Crippen molar-refractivity contribution in [3.8, 4) is 50.2 Å². The minimum atomic E-state index is 1.09. The van der Waals surface area contributed by atoms with E-state index in [1.165, 1.54) is 93.5 Å². The summed E-state index contributed by atoms with van der Waals surface area (Å²) < 4.78 is 2.48. The maximum atomic E-state index is 2.48. The highest BCUT2D eigenvalue weighted by Crippen LogP contribution is 2.44. The summed E-state index contributed by atoms with van der Waals surface area (Å²) in [5.74, 6) is 0. The number of aromatic nitrogens is 1. The number of fused-ring (bicyclic) bond motifs is 6. The van der Waals surface area contributed by atoms with Crippen LogP contribution < -0.4 is 4.90 Å². The molecule has 0 aliphatic rings. The molecule has 11 aromatic carbocycles. The van der Waals surface area contributed by atoms with Gasteiger partial charge in [-0.1, -0.05) is 200 Å². The minimum Gasteiger partial charge on any atom is -0.311 e. The van der Waals surface area contributed by atoms with Crippen LogP contribution in [0.4, 0.5) is 17.1 Å². The fourth-order valence-corrected chi connectivity index (χ4v) is 9.79. The molecule has 0 spiro atoms. The number of hydrogen-bond acceptors (Lipinski definition) is 1. The van der Waals surface area contributed by atoms with Gasteiger partial charge >= 0.3 is 0 Å². The quantitative estimate of drug-likeness (QED) is 0.148. The second kappa shape index (κ2) is 15.8. The van der Waals surface area contributed by atoms with E-state index in [1.807, 2.05) is 0 Å². The van der Waals surface area contributed by atoms with Gasteiger partial charge in [0.25, 0.3) is 0 Å². The molecular formula is C62H42N2. The van der Waals surface area contributed by atoms with Crippen molar-refractivity contribution in [2.24, 2.45) is 0 Å². The fourth-order valence-electron chi connectivity index (χ4n) is 9.79. The van der Waals surface area contributed by atoms with Gasteiger partial charge in [-0.05, 0) is 115 Å². The van der Waals surface area contributed by atoms with Crippen molar-refractivity contribution in [1.29, 1.82) is 0 Å². The number of hydrogen-bond donors (Lipinski definition) is 0. The lowest BCUT2D eigenvalue weighted by atomic mass is 9.94. The van der Waals surface area contributed by atoms with E-state index in [2.05, 4.69) is 264 Å². The molecule has 0 atom stereocenters.